The van der Waals surface area contributed by atoms with Crippen molar-refractivity contribution >= 4 is 11.9 Å². The summed E-state index contributed by atoms with van der Waals surface area (Å²) < 4.78 is 13.1. The molecule has 0 aliphatic heterocycles. The summed E-state index contributed by atoms with van der Waals surface area (Å²) in [7, 11) is 0. The first-order chi connectivity index (χ1) is 8.31. The lowest BCUT2D eigenvalue weighted by molar-refractivity contribution is -0.141. The van der Waals surface area contributed by atoms with Crippen LogP contribution in [0.5, 0.6) is 0 Å². The minimum atomic E-state index is -1.43. The molecule has 0 radical (unpaired) electrons. The monoisotopic (exact) mass is 255 g/mol. The van der Waals surface area contributed by atoms with Gasteiger partial charge in [-0.1, -0.05) is 0 Å². The van der Waals surface area contributed by atoms with Gasteiger partial charge in [0.2, 0.25) is 0 Å². The van der Waals surface area contributed by atoms with Crippen molar-refractivity contribution in [3.8, 4) is 0 Å². The van der Waals surface area contributed by atoms with Crippen LogP contribution in [0.3, 0.4) is 0 Å². The number of aliphatic carboxylic acids is 1. The maximum atomic E-state index is 13.1. The number of carboxylic acid groups (broad SMARTS) is 1. The third-order valence-corrected chi connectivity index (χ3v) is 2.34. The van der Waals surface area contributed by atoms with Crippen molar-refractivity contribution in [3.05, 3.63) is 35.1 Å². The van der Waals surface area contributed by atoms with E-state index >= 15 is 0 Å². The van der Waals surface area contributed by atoms with Crippen LogP contribution in [0.1, 0.15) is 22.8 Å². The van der Waals surface area contributed by atoms with E-state index in [9.17, 15) is 19.1 Å². The van der Waals surface area contributed by atoms with Gasteiger partial charge in [0.1, 0.15) is 5.82 Å². The van der Waals surface area contributed by atoms with Crippen molar-refractivity contribution in [2.24, 2.45) is 0 Å². The van der Waals surface area contributed by atoms with Crippen LogP contribution in [0, 0.1) is 12.7 Å². The summed E-state index contributed by atoms with van der Waals surface area (Å²) in [4.78, 5) is 22.5. The number of amides is 1. The zero-order valence-electron chi connectivity index (χ0n) is 9.98. The molecule has 1 aromatic rings. The fraction of sp³-hybridized carbons (Fsp3) is 0.333. The molecule has 5 nitrogen and oxygen atoms in total. The molecule has 98 valence electrons. The van der Waals surface area contributed by atoms with Gasteiger partial charge in [0, 0.05) is 5.56 Å². The molecule has 2 atom stereocenters. The Morgan fingerprint density at radius 1 is 1.33 bits per heavy atom. The van der Waals surface area contributed by atoms with Gasteiger partial charge in [0.25, 0.3) is 5.91 Å². The highest BCUT2D eigenvalue weighted by molar-refractivity contribution is 5.96. The minimum absolute atomic E-state index is 0.0133. The third-order valence-electron chi connectivity index (χ3n) is 2.34. The van der Waals surface area contributed by atoms with Crippen LogP contribution in [-0.2, 0) is 4.79 Å². The predicted molar refractivity (Wildman–Crippen MR) is 61.7 cm³/mol. The van der Waals surface area contributed by atoms with Gasteiger partial charge in [0.05, 0.1) is 6.10 Å². The van der Waals surface area contributed by atoms with E-state index in [1.165, 1.54) is 19.1 Å². The Kier molecular flexibility index (Phi) is 4.38. The number of benzene rings is 1. The quantitative estimate of drug-likeness (QED) is 0.739. The summed E-state index contributed by atoms with van der Waals surface area (Å²) in [6.07, 6.45) is -1.25. The summed E-state index contributed by atoms with van der Waals surface area (Å²) in [5.41, 5.74) is 0.559. The normalized spacial score (nSPS) is 13.8. The molecule has 0 saturated heterocycles. The largest absolute Gasteiger partial charge is 0.480 e. The lowest BCUT2D eigenvalue weighted by atomic mass is 10.1. The first-order valence-corrected chi connectivity index (χ1v) is 5.30. The van der Waals surface area contributed by atoms with E-state index in [0.29, 0.717) is 5.56 Å². The van der Waals surface area contributed by atoms with E-state index in [4.69, 9.17) is 5.11 Å². The fourth-order valence-corrected chi connectivity index (χ4v) is 1.48. The molecule has 0 aliphatic carbocycles. The number of carbonyl (C=O) groups is 2. The number of halogens is 1. The van der Waals surface area contributed by atoms with Gasteiger partial charge in [-0.05, 0) is 37.6 Å². The van der Waals surface area contributed by atoms with Crippen molar-refractivity contribution in [2.45, 2.75) is 26.0 Å². The Balaban J connectivity index is 2.90. The summed E-state index contributed by atoms with van der Waals surface area (Å²) in [5, 5.41) is 20.1. The van der Waals surface area contributed by atoms with E-state index < -0.39 is 29.8 Å². The highest BCUT2D eigenvalue weighted by Gasteiger charge is 2.25. The Labute approximate surface area is 103 Å². The number of nitrogens with one attached hydrogen (secondary N) is 1. The van der Waals surface area contributed by atoms with E-state index in [0.717, 1.165) is 6.07 Å². The molecule has 0 aromatic heterocycles. The average Bonchev–Trinajstić information content (AvgIpc) is 2.23. The zero-order valence-corrected chi connectivity index (χ0v) is 9.98. The zero-order chi connectivity index (χ0) is 13.9. The predicted octanol–water partition coefficient (Wildman–Crippen LogP) is 0.698. The van der Waals surface area contributed by atoms with Crippen molar-refractivity contribution in [1.82, 2.24) is 5.32 Å². The topological polar surface area (TPSA) is 86.6 Å². The standard InChI is InChI=1S/C12H14FNO4/c1-6-3-8(5-9(13)4-6)11(16)14-10(7(2)15)12(17)18/h3-5,7,10,15H,1-2H3,(H,14,16)(H,17,18). The van der Waals surface area contributed by atoms with Crippen molar-refractivity contribution < 1.29 is 24.2 Å². The van der Waals surface area contributed by atoms with Crippen LogP contribution in [0.25, 0.3) is 0 Å². The smallest absolute Gasteiger partial charge is 0.328 e. The number of carbonyl (C=O) groups excluding carboxylic acids is 1. The summed E-state index contributed by atoms with van der Waals surface area (Å²) in [6, 6.07) is 2.25. The molecule has 0 bridgehead atoms. The van der Waals surface area contributed by atoms with Gasteiger partial charge in [-0.2, -0.15) is 0 Å². The molecule has 6 heteroatoms. The van der Waals surface area contributed by atoms with Gasteiger partial charge < -0.3 is 15.5 Å². The summed E-state index contributed by atoms with van der Waals surface area (Å²) in [5.74, 6) is -2.68. The molecule has 0 saturated carbocycles. The van der Waals surface area contributed by atoms with Crippen molar-refractivity contribution in [2.75, 3.05) is 0 Å². The van der Waals surface area contributed by atoms with Crippen LogP contribution in [0.15, 0.2) is 18.2 Å². The molecule has 0 fully saturated rings. The van der Waals surface area contributed by atoms with Crippen LogP contribution in [0.4, 0.5) is 4.39 Å². The molecule has 2 unspecified atom stereocenters. The maximum absolute atomic E-state index is 13.1. The van der Waals surface area contributed by atoms with Gasteiger partial charge in [0.15, 0.2) is 6.04 Å². The van der Waals surface area contributed by atoms with E-state index in [-0.39, 0.29) is 5.56 Å². The fourth-order valence-electron chi connectivity index (χ4n) is 1.48. The number of aliphatic hydroxyl groups is 1. The Hall–Kier alpha value is -1.95. The summed E-state index contributed by atoms with van der Waals surface area (Å²) >= 11 is 0. The van der Waals surface area contributed by atoms with Gasteiger partial charge in [-0.15, -0.1) is 0 Å². The Morgan fingerprint density at radius 2 is 1.94 bits per heavy atom. The van der Waals surface area contributed by atoms with Crippen LogP contribution < -0.4 is 5.32 Å². The molecule has 1 rings (SSSR count). The number of aryl methyl sites for hydroxylation is 1. The van der Waals surface area contributed by atoms with Gasteiger partial charge in [-0.25, -0.2) is 9.18 Å². The molecular weight excluding hydrogens is 241 g/mol. The van der Waals surface area contributed by atoms with Crippen LogP contribution >= 0.6 is 0 Å². The average molecular weight is 255 g/mol. The molecule has 1 aromatic carbocycles. The second-order valence-corrected chi connectivity index (χ2v) is 4.05. The van der Waals surface area contributed by atoms with Crippen molar-refractivity contribution in [3.63, 3.8) is 0 Å². The van der Waals surface area contributed by atoms with Crippen LogP contribution in [-0.4, -0.2) is 34.2 Å². The second-order valence-electron chi connectivity index (χ2n) is 4.05. The Morgan fingerprint density at radius 3 is 2.39 bits per heavy atom. The van der Waals surface area contributed by atoms with Gasteiger partial charge in [-0.3, -0.25) is 4.79 Å². The highest BCUT2D eigenvalue weighted by Crippen LogP contribution is 2.09. The first-order valence-electron chi connectivity index (χ1n) is 5.30. The maximum Gasteiger partial charge on any atom is 0.328 e. The number of hydrogen-bond acceptors (Lipinski definition) is 3. The molecule has 0 heterocycles. The van der Waals surface area contributed by atoms with E-state index in [1.54, 1.807) is 6.92 Å². The van der Waals surface area contributed by atoms with E-state index in [2.05, 4.69) is 5.32 Å². The number of aliphatic hydroxyl groups excluding tert-OH is 1. The minimum Gasteiger partial charge on any atom is -0.480 e. The molecule has 18 heavy (non-hydrogen) atoms. The molecule has 1 amide bonds. The van der Waals surface area contributed by atoms with Crippen molar-refractivity contribution in [1.29, 1.82) is 0 Å². The van der Waals surface area contributed by atoms with Gasteiger partial charge >= 0.3 is 5.97 Å². The lowest BCUT2D eigenvalue weighted by Gasteiger charge is -2.17. The molecule has 3 N–H and O–H groups in total. The first kappa shape index (κ1) is 14.1. The Bertz CT molecular complexity index is 453. The SMILES string of the molecule is Cc1cc(F)cc(C(=O)NC(C(=O)O)C(C)O)c1. The summed E-state index contributed by atoms with van der Waals surface area (Å²) in [6.45, 7) is 2.86. The molecule has 0 spiro atoms. The lowest BCUT2D eigenvalue weighted by Crippen LogP contribution is -2.47. The molecular formula is C12H14FNO4. The van der Waals surface area contributed by atoms with Crippen LogP contribution in [0.2, 0.25) is 0 Å². The second kappa shape index (κ2) is 5.59. The highest BCUT2D eigenvalue weighted by atomic mass is 19.1. The molecule has 0 aliphatic rings. The van der Waals surface area contributed by atoms with E-state index in [1.807, 2.05) is 0 Å². The number of hydrogen-bond donors (Lipinski definition) is 3. The third kappa shape index (κ3) is 3.53. The number of carboxylic acids is 1. The number of rotatable bonds is 4.